The second kappa shape index (κ2) is 11.0. The van der Waals surface area contributed by atoms with E-state index in [4.69, 9.17) is 25.8 Å². The van der Waals surface area contributed by atoms with Crippen LogP contribution >= 0.6 is 11.6 Å². The van der Waals surface area contributed by atoms with E-state index < -0.39 is 0 Å². The lowest BCUT2D eigenvalue weighted by Gasteiger charge is -2.41. The molecule has 0 saturated carbocycles. The summed E-state index contributed by atoms with van der Waals surface area (Å²) in [5.41, 5.74) is 3.91. The highest BCUT2D eigenvalue weighted by atomic mass is 35.5. The highest BCUT2D eigenvalue weighted by molar-refractivity contribution is 6.33. The fourth-order valence-corrected chi connectivity index (χ4v) is 5.03. The number of carbonyl (C=O) groups is 1. The molecule has 0 fully saturated rings. The van der Waals surface area contributed by atoms with E-state index in [1.165, 1.54) is 5.56 Å². The van der Waals surface area contributed by atoms with Crippen LogP contribution in [-0.4, -0.2) is 44.7 Å². The van der Waals surface area contributed by atoms with Gasteiger partial charge in [0.05, 0.1) is 38.0 Å². The molecule has 0 unspecified atom stereocenters. The summed E-state index contributed by atoms with van der Waals surface area (Å²) in [5, 5.41) is 3.62. The number of nitrogens with zero attached hydrogens (tertiary/aromatic N) is 1. The van der Waals surface area contributed by atoms with Gasteiger partial charge < -0.3 is 19.5 Å². The zero-order valence-electron chi connectivity index (χ0n) is 20.5. The molecule has 0 spiro atoms. The topological polar surface area (TPSA) is 60.0 Å². The van der Waals surface area contributed by atoms with Crippen LogP contribution < -0.4 is 19.5 Å². The van der Waals surface area contributed by atoms with E-state index in [1.54, 1.807) is 33.5 Å². The Kier molecular flexibility index (Phi) is 7.83. The molecule has 1 amide bonds. The molecule has 1 heterocycles. The zero-order chi connectivity index (χ0) is 24.9. The summed E-state index contributed by atoms with van der Waals surface area (Å²) in [7, 11) is 4.95. The maximum atomic E-state index is 13.1. The Balaban J connectivity index is 1.70. The van der Waals surface area contributed by atoms with Crippen LogP contribution in [0.15, 0.2) is 60.7 Å². The molecule has 7 heteroatoms. The number of halogens is 1. The Hall–Kier alpha value is -3.22. The Morgan fingerprint density at radius 3 is 2.49 bits per heavy atom. The van der Waals surface area contributed by atoms with Gasteiger partial charge in [-0.15, -0.1) is 0 Å². The molecule has 0 saturated heterocycles. The summed E-state index contributed by atoms with van der Waals surface area (Å²) in [6.07, 6.45) is 0.862. The molecule has 0 radical (unpaired) electrons. The molecular formula is C28H31ClN2O4. The van der Waals surface area contributed by atoms with Crippen molar-refractivity contribution >= 4 is 17.5 Å². The summed E-state index contributed by atoms with van der Waals surface area (Å²) in [6.45, 7) is 3.57. The smallest absolute Gasteiger partial charge is 0.253 e. The van der Waals surface area contributed by atoms with Crippen LogP contribution in [0.1, 0.15) is 40.0 Å². The lowest BCUT2D eigenvalue weighted by atomic mass is 9.87. The molecule has 4 rings (SSSR count). The molecule has 3 aromatic rings. The Bertz CT molecular complexity index is 1200. The molecular weight excluding hydrogens is 464 g/mol. The second-order valence-corrected chi connectivity index (χ2v) is 9.07. The van der Waals surface area contributed by atoms with E-state index in [1.807, 2.05) is 49.4 Å². The third-order valence-electron chi connectivity index (χ3n) is 6.50. The SMILES string of the molecule is COc1cccc(CN2CCc3cc(OC)c(OC)cc3[C@@H]2[C@@H](C)NC(=O)c2ccccc2Cl)c1. The molecule has 35 heavy (non-hydrogen) atoms. The summed E-state index contributed by atoms with van der Waals surface area (Å²) in [5.74, 6) is 2.00. The van der Waals surface area contributed by atoms with E-state index >= 15 is 0 Å². The highest BCUT2D eigenvalue weighted by Gasteiger charge is 2.34. The number of ether oxygens (including phenoxy) is 3. The van der Waals surface area contributed by atoms with Crippen molar-refractivity contribution in [3.63, 3.8) is 0 Å². The van der Waals surface area contributed by atoms with Gasteiger partial charge in [-0.3, -0.25) is 9.69 Å². The Labute approximate surface area is 211 Å². The number of hydrogen-bond acceptors (Lipinski definition) is 5. The van der Waals surface area contributed by atoms with Gasteiger partial charge in [-0.25, -0.2) is 0 Å². The van der Waals surface area contributed by atoms with E-state index in [9.17, 15) is 4.79 Å². The van der Waals surface area contributed by atoms with E-state index in [0.29, 0.717) is 28.6 Å². The summed E-state index contributed by atoms with van der Waals surface area (Å²) < 4.78 is 16.6. The van der Waals surface area contributed by atoms with Gasteiger partial charge in [0.15, 0.2) is 11.5 Å². The maximum absolute atomic E-state index is 13.1. The first kappa shape index (κ1) is 24.9. The quantitative estimate of drug-likeness (QED) is 0.461. The summed E-state index contributed by atoms with van der Waals surface area (Å²) in [4.78, 5) is 15.5. The third-order valence-corrected chi connectivity index (χ3v) is 6.83. The standard InChI is InChI=1S/C28H31ClN2O4/c1-18(30-28(32)22-10-5-6-11-24(22)29)27-23-16-26(35-4)25(34-3)15-20(23)12-13-31(27)17-19-8-7-9-21(14-19)33-2/h5-11,14-16,18,27H,12-13,17H2,1-4H3,(H,30,32)/t18-,27+/m1/s1. The van der Waals surface area contributed by atoms with Crippen molar-refractivity contribution < 1.29 is 19.0 Å². The van der Waals surface area contributed by atoms with Gasteiger partial charge >= 0.3 is 0 Å². The lowest BCUT2D eigenvalue weighted by molar-refractivity contribution is 0.0877. The monoisotopic (exact) mass is 494 g/mol. The molecule has 2 atom stereocenters. The van der Waals surface area contributed by atoms with Gasteiger partial charge in [0.2, 0.25) is 0 Å². The van der Waals surface area contributed by atoms with Crippen LogP contribution in [0.5, 0.6) is 17.2 Å². The molecule has 184 valence electrons. The number of amides is 1. The second-order valence-electron chi connectivity index (χ2n) is 8.66. The van der Waals surface area contributed by atoms with Crippen molar-refractivity contribution in [3.05, 3.63) is 87.9 Å². The molecule has 1 aliphatic rings. The van der Waals surface area contributed by atoms with E-state index in [2.05, 4.69) is 16.3 Å². The first-order valence-electron chi connectivity index (χ1n) is 11.6. The number of methoxy groups -OCH3 is 3. The minimum atomic E-state index is -0.207. The van der Waals surface area contributed by atoms with Crippen LogP contribution in [0.25, 0.3) is 0 Å². The Morgan fingerprint density at radius 1 is 1.03 bits per heavy atom. The van der Waals surface area contributed by atoms with Crippen molar-refractivity contribution in [1.29, 1.82) is 0 Å². The molecule has 6 nitrogen and oxygen atoms in total. The number of hydrogen-bond donors (Lipinski definition) is 1. The van der Waals surface area contributed by atoms with Crippen LogP contribution in [0.4, 0.5) is 0 Å². The van der Waals surface area contributed by atoms with Crippen molar-refractivity contribution in [3.8, 4) is 17.2 Å². The number of benzene rings is 3. The van der Waals surface area contributed by atoms with Gasteiger partial charge in [-0.2, -0.15) is 0 Å². The van der Waals surface area contributed by atoms with Gasteiger partial charge in [0, 0.05) is 19.1 Å². The van der Waals surface area contributed by atoms with Crippen LogP contribution in [-0.2, 0) is 13.0 Å². The number of rotatable bonds is 8. The number of nitrogens with one attached hydrogen (secondary N) is 1. The van der Waals surface area contributed by atoms with Crippen LogP contribution in [0.2, 0.25) is 5.02 Å². The number of fused-ring (bicyclic) bond motifs is 1. The van der Waals surface area contributed by atoms with Gasteiger partial charge in [0.25, 0.3) is 5.91 Å². The first-order valence-corrected chi connectivity index (χ1v) is 12.0. The van der Waals surface area contributed by atoms with Crippen LogP contribution in [0.3, 0.4) is 0 Å². The van der Waals surface area contributed by atoms with Crippen molar-refractivity contribution in [2.45, 2.75) is 32.0 Å². The summed E-state index contributed by atoms with van der Waals surface area (Å²) in [6, 6.07) is 19.0. The van der Waals surface area contributed by atoms with E-state index in [0.717, 1.165) is 29.8 Å². The van der Waals surface area contributed by atoms with Gasteiger partial charge in [0.1, 0.15) is 5.75 Å². The molecule has 0 bridgehead atoms. The van der Waals surface area contributed by atoms with Crippen molar-refractivity contribution in [2.75, 3.05) is 27.9 Å². The van der Waals surface area contributed by atoms with Gasteiger partial charge in [-0.1, -0.05) is 35.9 Å². The fraction of sp³-hybridized carbons (Fsp3) is 0.321. The highest BCUT2D eigenvalue weighted by Crippen LogP contribution is 2.40. The minimum absolute atomic E-state index is 0.0869. The zero-order valence-corrected chi connectivity index (χ0v) is 21.3. The average Bonchev–Trinajstić information content (AvgIpc) is 2.87. The molecule has 0 aliphatic carbocycles. The largest absolute Gasteiger partial charge is 0.497 e. The molecule has 1 aliphatic heterocycles. The average molecular weight is 495 g/mol. The normalized spacial score (nSPS) is 16.2. The minimum Gasteiger partial charge on any atom is -0.497 e. The predicted octanol–water partition coefficient (Wildman–Crippen LogP) is 5.28. The maximum Gasteiger partial charge on any atom is 0.253 e. The predicted molar refractivity (Wildman–Crippen MR) is 138 cm³/mol. The van der Waals surface area contributed by atoms with E-state index in [-0.39, 0.29) is 18.0 Å². The van der Waals surface area contributed by atoms with Gasteiger partial charge in [-0.05, 0) is 66.4 Å². The molecule has 3 aromatic carbocycles. The lowest BCUT2D eigenvalue weighted by Crippen LogP contribution is -2.47. The third kappa shape index (κ3) is 5.39. The first-order chi connectivity index (χ1) is 16.9. The van der Waals surface area contributed by atoms with Crippen molar-refractivity contribution in [1.82, 2.24) is 10.2 Å². The Morgan fingerprint density at radius 2 is 1.77 bits per heavy atom. The summed E-state index contributed by atoms with van der Waals surface area (Å²) >= 11 is 6.29. The fourth-order valence-electron chi connectivity index (χ4n) is 4.81. The van der Waals surface area contributed by atoms with Crippen LogP contribution in [0, 0.1) is 0 Å². The number of carbonyl (C=O) groups excluding carboxylic acids is 1. The van der Waals surface area contributed by atoms with Crippen molar-refractivity contribution in [2.24, 2.45) is 0 Å². The molecule has 0 aromatic heterocycles. The molecule has 1 N–H and O–H groups in total.